The van der Waals surface area contributed by atoms with Crippen molar-refractivity contribution in [2.24, 2.45) is 0 Å². The molecule has 5 nitrogen and oxygen atoms in total. The molecular weight excluding hydrogens is 216 g/mol. The summed E-state index contributed by atoms with van der Waals surface area (Å²) in [6.07, 6.45) is 5.39. The van der Waals surface area contributed by atoms with Crippen molar-refractivity contribution in [3.8, 4) is 0 Å². The maximum Gasteiger partial charge on any atom is 0.244 e. The van der Waals surface area contributed by atoms with Crippen LogP contribution in [-0.4, -0.2) is 58.7 Å². The zero-order valence-corrected chi connectivity index (χ0v) is 10.5. The third kappa shape index (κ3) is 3.06. The van der Waals surface area contributed by atoms with Gasteiger partial charge in [-0.15, -0.1) is 0 Å². The smallest absolute Gasteiger partial charge is 0.244 e. The molecule has 0 aromatic carbocycles. The van der Waals surface area contributed by atoms with Crippen molar-refractivity contribution < 1.29 is 4.79 Å². The molecule has 1 aromatic rings. The first-order chi connectivity index (χ1) is 8.16. The summed E-state index contributed by atoms with van der Waals surface area (Å²) in [5.41, 5.74) is 0. The van der Waals surface area contributed by atoms with Crippen LogP contribution < -0.4 is 0 Å². The molecule has 1 saturated heterocycles. The molecule has 1 fully saturated rings. The van der Waals surface area contributed by atoms with Gasteiger partial charge in [-0.05, 0) is 26.9 Å². The summed E-state index contributed by atoms with van der Waals surface area (Å²) in [5.74, 6) is 0.152. The number of hydrogen-bond acceptors (Lipinski definition) is 3. The third-order valence-electron chi connectivity index (χ3n) is 3.35. The highest BCUT2D eigenvalue weighted by Gasteiger charge is 2.23. The number of amides is 1. The fraction of sp³-hybridized carbons (Fsp3) is 0.667. The minimum absolute atomic E-state index is 0.152. The van der Waals surface area contributed by atoms with Crippen molar-refractivity contribution in [1.82, 2.24) is 19.6 Å². The predicted octanol–water partition coefficient (Wildman–Crippen LogP) is 0.236. The molecule has 0 atom stereocenters. The van der Waals surface area contributed by atoms with E-state index in [0.717, 1.165) is 25.9 Å². The quantitative estimate of drug-likeness (QED) is 0.753. The average Bonchev–Trinajstić information content (AvgIpc) is 2.82. The number of aromatic nitrogens is 2. The summed E-state index contributed by atoms with van der Waals surface area (Å²) >= 11 is 0. The second kappa shape index (κ2) is 5.31. The van der Waals surface area contributed by atoms with E-state index >= 15 is 0 Å². The van der Waals surface area contributed by atoms with Gasteiger partial charge in [-0.3, -0.25) is 9.48 Å². The topological polar surface area (TPSA) is 41.4 Å². The summed E-state index contributed by atoms with van der Waals surface area (Å²) in [7, 11) is 4.20. The maximum absolute atomic E-state index is 12.0. The Morgan fingerprint density at radius 3 is 2.71 bits per heavy atom. The molecule has 17 heavy (non-hydrogen) atoms. The van der Waals surface area contributed by atoms with Gasteiger partial charge in [-0.1, -0.05) is 0 Å². The highest BCUT2D eigenvalue weighted by Crippen LogP contribution is 2.14. The number of carbonyl (C=O) groups excluding carboxylic acids is 1. The Morgan fingerprint density at radius 1 is 1.47 bits per heavy atom. The maximum atomic E-state index is 12.0. The number of carbonyl (C=O) groups is 1. The Kier molecular flexibility index (Phi) is 3.78. The monoisotopic (exact) mass is 235 g/mol. The summed E-state index contributed by atoms with van der Waals surface area (Å²) in [6.45, 7) is 2.04. The molecule has 0 spiro atoms. The van der Waals surface area contributed by atoms with E-state index in [4.69, 9.17) is 0 Å². The van der Waals surface area contributed by atoms with Crippen molar-refractivity contribution in [1.29, 1.82) is 0 Å². The van der Waals surface area contributed by atoms with Gasteiger partial charge in [0.25, 0.3) is 0 Å². The van der Waals surface area contributed by atoms with Gasteiger partial charge in [0.15, 0.2) is 0 Å². The fourth-order valence-corrected chi connectivity index (χ4v) is 2.22. The van der Waals surface area contributed by atoms with Crippen LogP contribution >= 0.6 is 0 Å². The van der Waals surface area contributed by atoms with Crippen LogP contribution in [0.5, 0.6) is 0 Å². The minimum atomic E-state index is 0.152. The van der Waals surface area contributed by atoms with Gasteiger partial charge in [0.1, 0.15) is 6.54 Å². The van der Waals surface area contributed by atoms with Crippen LogP contribution in [0.4, 0.5) is 0 Å². The van der Waals surface area contributed by atoms with E-state index in [1.807, 2.05) is 4.90 Å². The molecule has 2 heterocycles. The standard InChI is InChI=1S/C12H19N4O/c1-14(2)11-4-8-15(9-5-11)12(17)10-16-7-3-6-13-16/h6-7,11H,4-5,8-10H2,1-2H3. The largest absolute Gasteiger partial charge is 0.341 e. The van der Waals surface area contributed by atoms with Crippen molar-refractivity contribution in [2.75, 3.05) is 27.2 Å². The summed E-state index contributed by atoms with van der Waals surface area (Å²) in [6, 6.07) is 3.44. The second-order valence-corrected chi connectivity index (χ2v) is 4.71. The van der Waals surface area contributed by atoms with Crippen LogP contribution in [-0.2, 0) is 11.3 Å². The molecule has 1 aromatic heterocycles. The lowest BCUT2D eigenvalue weighted by Crippen LogP contribution is -2.45. The summed E-state index contributed by atoms with van der Waals surface area (Å²) in [4.78, 5) is 16.2. The van der Waals surface area contributed by atoms with Gasteiger partial charge in [0, 0.05) is 31.4 Å². The highest BCUT2D eigenvalue weighted by atomic mass is 16.2. The number of rotatable bonds is 3. The van der Waals surface area contributed by atoms with Crippen molar-refractivity contribution >= 4 is 5.91 Å². The molecule has 0 N–H and O–H groups in total. The number of nitrogens with zero attached hydrogens (tertiary/aromatic N) is 4. The minimum Gasteiger partial charge on any atom is -0.341 e. The molecule has 1 aliphatic rings. The highest BCUT2D eigenvalue weighted by molar-refractivity contribution is 5.75. The van der Waals surface area contributed by atoms with Crippen LogP contribution in [0, 0.1) is 6.07 Å². The summed E-state index contributed by atoms with van der Waals surface area (Å²) < 4.78 is 1.63. The van der Waals surface area contributed by atoms with Crippen LogP contribution in [0.15, 0.2) is 12.4 Å². The van der Waals surface area contributed by atoms with E-state index in [2.05, 4.69) is 30.2 Å². The van der Waals surface area contributed by atoms with Crippen LogP contribution in [0.1, 0.15) is 12.8 Å². The molecule has 1 aliphatic heterocycles. The SMILES string of the molecule is CN(C)C1CCN(C(=O)Cn2c[c]cn2)CC1. The van der Waals surface area contributed by atoms with Crippen LogP contribution in [0.25, 0.3) is 0 Å². The van der Waals surface area contributed by atoms with Crippen molar-refractivity contribution in [3.05, 3.63) is 18.5 Å². The average molecular weight is 235 g/mol. The van der Waals surface area contributed by atoms with Crippen LogP contribution in [0.2, 0.25) is 0 Å². The molecule has 0 aliphatic carbocycles. The first kappa shape index (κ1) is 12.1. The second-order valence-electron chi connectivity index (χ2n) is 4.71. The Morgan fingerprint density at radius 2 is 2.18 bits per heavy atom. The zero-order chi connectivity index (χ0) is 12.3. The molecule has 0 bridgehead atoms. The number of likely N-dealkylation sites (tertiary alicyclic amines) is 1. The van der Waals surface area contributed by atoms with Gasteiger partial charge >= 0.3 is 0 Å². The molecule has 0 unspecified atom stereocenters. The molecule has 2 rings (SSSR count). The van der Waals surface area contributed by atoms with Crippen molar-refractivity contribution in [2.45, 2.75) is 25.4 Å². The van der Waals surface area contributed by atoms with E-state index in [9.17, 15) is 4.79 Å². The molecular formula is C12H19N4O. The molecule has 5 heteroatoms. The molecule has 1 amide bonds. The number of piperidine rings is 1. The lowest BCUT2D eigenvalue weighted by Gasteiger charge is -2.35. The van der Waals surface area contributed by atoms with E-state index in [1.165, 1.54) is 0 Å². The fourth-order valence-electron chi connectivity index (χ4n) is 2.22. The van der Waals surface area contributed by atoms with E-state index in [0.29, 0.717) is 12.6 Å². The molecule has 0 saturated carbocycles. The normalized spacial score (nSPS) is 17.7. The zero-order valence-electron chi connectivity index (χ0n) is 10.5. The Labute approximate surface area is 102 Å². The van der Waals surface area contributed by atoms with E-state index in [1.54, 1.807) is 17.1 Å². The number of hydrogen-bond donors (Lipinski definition) is 0. The van der Waals surface area contributed by atoms with Gasteiger partial charge in [0.2, 0.25) is 5.91 Å². The van der Waals surface area contributed by atoms with E-state index < -0.39 is 0 Å². The first-order valence-corrected chi connectivity index (χ1v) is 5.99. The molecule has 93 valence electrons. The predicted molar refractivity (Wildman–Crippen MR) is 64.4 cm³/mol. The lowest BCUT2D eigenvalue weighted by molar-refractivity contribution is -0.133. The van der Waals surface area contributed by atoms with Crippen LogP contribution in [0.3, 0.4) is 0 Å². The Bertz CT molecular complexity index is 353. The Balaban J connectivity index is 1.82. The first-order valence-electron chi connectivity index (χ1n) is 5.99. The summed E-state index contributed by atoms with van der Waals surface area (Å²) in [5, 5.41) is 4.00. The van der Waals surface area contributed by atoms with Gasteiger partial charge < -0.3 is 9.80 Å². The third-order valence-corrected chi connectivity index (χ3v) is 3.35. The Hall–Kier alpha value is -1.36. The van der Waals surface area contributed by atoms with Gasteiger partial charge in [-0.25, -0.2) is 0 Å². The van der Waals surface area contributed by atoms with Gasteiger partial charge in [-0.2, -0.15) is 5.10 Å². The molecule has 1 radical (unpaired) electrons. The van der Waals surface area contributed by atoms with E-state index in [-0.39, 0.29) is 5.91 Å². The van der Waals surface area contributed by atoms with Crippen molar-refractivity contribution in [3.63, 3.8) is 0 Å². The lowest BCUT2D eigenvalue weighted by atomic mass is 10.0. The van der Waals surface area contributed by atoms with Gasteiger partial charge in [0.05, 0.1) is 6.20 Å².